The Balaban J connectivity index is 1.81. The minimum Gasteiger partial charge on any atom is -0.352 e. The van der Waals surface area contributed by atoms with Gasteiger partial charge in [0.1, 0.15) is 12.6 Å². The number of nitrogens with zero attached hydrogens (tertiary/aromatic N) is 2. The van der Waals surface area contributed by atoms with E-state index in [1.165, 1.54) is 17.0 Å². The fourth-order valence-electron chi connectivity index (χ4n) is 5.08. The summed E-state index contributed by atoms with van der Waals surface area (Å²) in [4.78, 5) is 30.1. The van der Waals surface area contributed by atoms with Crippen LogP contribution in [-0.2, 0) is 32.6 Å². The molecule has 8 heteroatoms. The molecule has 4 aromatic carbocycles. The molecule has 2 amide bonds. The summed E-state index contributed by atoms with van der Waals surface area (Å²) in [6, 6.07) is 31.6. The number of hydrogen-bond acceptors (Lipinski definition) is 4. The minimum atomic E-state index is -4.13. The van der Waals surface area contributed by atoms with Crippen LogP contribution >= 0.6 is 0 Å². The lowest BCUT2D eigenvalue weighted by Crippen LogP contribution is -2.54. The van der Waals surface area contributed by atoms with Crippen LogP contribution in [0.2, 0.25) is 0 Å². The Bertz CT molecular complexity index is 1660. The van der Waals surface area contributed by atoms with E-state index in [1.807, 2.05) is 94.4 Å². The van der Waals surface area contributed by atoms with E-state index in [2.05, 4.69) is 5.32 Å². The van der Waals surface area contributed by atoms with Gasteiger partial charge in [-0.25, -0.2) is 8.42 Å². The maximum atomic E-state index is 14.5. The van der Waals surface area contributed by atoms with Gasteiger partial charge in [0.15, 0.2) is 0 Å². The number of amides is 2. The summed E-state index contributed by atoms with van der Waals surface area (Å²) in [6.07, 6.45) is 1.00. The molecular weight excluding hydrogens is 570 g/mol. The number of anilines is 1. The lowest BCUT2D eigenvalue weighted by Gasteiger charge is -2.34. The maximum absolute atomic E-state index is 14.5. The van der Waals surface area contributed by atoms with Crippen molar-refractivity contribution >= 4 is 27.5 Å². The van der Waals surface area contributed by atoms with Crippen LogP contribution in [0.5, 0.6) is 0 Å². The van der Waals surface area contributed by atoms with Crippen LogP contribution in [0.25, 0.3) is 0 Å². The van der Waals surface area contributed by atoms with Gasteiger partial charge < -0.3 is 10.2 Å². The summed E-state index contributed by atoms with van der Waals surface area (Å²) in [5, 5.41) is 3.07. The minimum absolute atomic E-state index is 0.0802. The molecule has 44 heavy (non-hydrogen) atoms. The van der Waals surface area contributed by atoms with Crippen molar-refractivity contribution in [1.82, 2.24) is 10.2 Å². The zero-order chi connectivity index (χ0) is 31.7. The monoisotopic (exact) mass is 611 g/mol. The van der Waals surface area contributed by atoms with Gasteiger partial charge >= 0.3 is 0 Å². The van der Waals surface area contributed by atoms with E-state index >= 15 is 0 Å². The van der Waals surface area contributed by atoms with Crippen molar-refractivity contribution in [2.75, 3.05) is 10.8 Å². The second-order valence-corrected chi connectivity index (χ2v) is 13.0. The van der Waals surface area contributed by atoms with Crippen LogP contribution in [0.1, 0.15) is 42.5 Å². The molecule has 0 aromatic heterocycles. The number of aryl methyl sites for hydroxylation is 2. The molecule has 4 rings (SSSR count). The van der Waals surface area contributed by atoms with E-state index in [9.17, 15) is 18.0 Å². The van der Waals surface area contributed by atoms with E-state index in [-0.39, 0.29) is 29.8 Å². The van der Waals surface area contributed by atoms with Crippen molar-refractivity contribution in [1.29, 1.82) is 0 Å². The Morgan fingerprint density at radius 1 is 0.795 bits per heavy atom. The molecule has 0 fully saturated rings. The molecular formula is C36H41N3O4S. The van der Waals surface area contributed by atoms with Gasteiger partial charge in [0.25, 0.3) is 10.0 Å². The largest absolute Gasteiger partial charge is 0.352 e. The zero-order valence-corrected chi connectivity index (χ0v) is 26.6. The first kappa shape index (κ1) is 32.5. The standard InChI is InChI=1S/C36H41N3O4S/c1-5-29(4)37-36(41)34(24-30-17-8-6-9-18-30)38(25-31-19-14-15-27(2)23-31)35(40)26-39(33-22-13-12-16-28(33)3)44(42,43)32-20-10-7-11-21-32/h6-23,29,34H,5,24-26H2,1-4H3,(H,37,41)/t29-,34+/m0/s1. The first-order valence-corrected chi connectivity index (χ1v) is 16.4. The number of nitrogens with one attached hydrogen (secondary N) is 1. The van der Waals surface area contributed by atoms with Gasteiger partial charge in [0.2, 0.25) is 11.8 Å². The Morgan fingerprint density at radius 3 is 2.05 bits per heavy atom. The van der Waals surface area contributed by atoms with Crippen molar-refractivity contribution in [2.24, 2.45) is 0 Å². The molecule has 0 radical (unpaired) electrons. The zero-order valence-electron chi connectivity index (χ0n) is 25.8. The van der Waals surface area contributed by atoms with Gasteiger partial charge in [0.05, 0.1) is 10.6 Å². The summed E-state index contributed by atoms with van der Waals surface area (Å²) in [5.41, 5.74) is 3.88. The van der Waals surface area contributed by atoms with Crippen LogP contribution in [0.15, 0.2) is 114 Å². The Morgan fingerprint density at radius 2 is 1.41 bits per heavy atom. The predicted molar refractivity (Wildman–Crippen MR) is 176 cm³/mol. The SMILES string of the molecule is CC[C@H](C)NC(=O)[C@@H](Cc1ccccc1)N(Cc1cccc(C)c1)C(=O)CN(c1ccccc1C)S(=O)(=O)c1ccccc1. The molecule has 0 saturated heterocycles. The first-order valence-electron chi connectivity index (χ1n) is 14.9. The van der Waals surface area contributed by atoms with Crippen molar-refractivity contribution in [3.05, 3.63) is 131 Å². The van der Waals surface area contributed by atoms with Gasteiger partial charge in [-0.15, -0.1) is 0 Å². The first-order chi connectivity index (χ1) is 21.1. The maximum Gasteiger partial charge on any atom is 0.264 e. The van der Waals surface area contributed by atoms with Gasteiger partial charge in [-0.3, -0.25) is 13.9 Å². The summed E-state index contributed by atoms with van der Waals surface area (Å²) in [5.74, 6) is -0.757. The van der Waals surface area contributed by atoms with Crippen LogP contribution < -0.4 is 9.62 Å². The fourth-order valence-corrected chi connectivity index (χ4v) is 6.58. The van der Waals surface area contributed by atoms with E-state index in [0.29, 0.717) is 11.3 Å². The van der Waals surface area contributed by atoms with Crippen molar-refractivity contribution < 1.29 is 18.0 Å². The van der Waals surface area contributed by atoms with Crippen LogP contribution in [0.3, 0.4) is 0 Å². The van der Waals surface area contributed by atoms with Crippen LogP contribution in [0, 0.1) is 13.8 Å². The summed E-state index contributed by atoms with van der Waals surface area (Å²) in [7, 11) is -4.13. The highest BCUT2D eigenvalue weighted by Crippen LogP contribution is 2.27. The van der Waals surface area contributed by atoms with Crippen molar-refractivity contribution in [2.45, 2.75) is 64.1 Å². The third kappa shape index (κ3) is 8.14. The molecule has 2 atom stereocenters. The molecule has 0 bridgehead atoms. The Hall–Kier alpha value is -4.43. The Labute approximate surface area is 261 Å². The van der Waals surface area contributed by atoms with Crippen molar-refractivity contribution in [3.8, 4) is 0 Å². The number of para-hydroxylation sites is 1. The lowest BCUT2D eigenvalue weighted by molar-refractivity contribution is -0.140. The molecule has 7 nitrogen and oxygen atoms in total. The number of benzene rings is 4. The molecule has 1 N–H and O–H groups in total. The third-order valence-electron chi connectivity index (χ3n) is 7.70. The molecule has 230 valence electrons. The quantitative estimate of drug-likeness (QED) is 0.199. The highest BCUT2D eigenvalue weighted by molar-refractivity contribution is 7.92. The highest BCUT2D eigenvalue weighted by atomic mass is 32.2. The normalized spacial score (nSPS) is 12.6. The highest BCUT2D eigenvalue weighted by Gasteiger charge is 2.35. The summed E-state index contributed by atoms with van der Waals surface area (Å²) < 4.78 is 29.4. The van der Waals surface area contributed by atoms with Gasteiger partial charge in [-0.1, -0.05) is 103 Å². The molecule has 0 unspecified atom stereocenters. The molecule has 0 saturated carbocycles. The number of sulfonamides is 1. The van der Waals surface area contributed by atoms with Gasteiger partial charge in [-0.05, 0) is 62.1 Å². The van der Waals surface area contributed by atoms with E-state index in [4.69, 9.17) is 0 Å². The topological polar surface area (TPSA) is 86.8 Å². The molecule has 0 aliphatic carbocycles. The van der Waals surface area contributed by atoms with Crippen molar-refractivity contribution in [3.63, 3.8) is 0 Å². The summed E-state index contributed by atoms with van der Waals surface area (Å²) >= 11 is 0. The average molecular weight is 612 g/mol. The second kappa shape index (κ2) is 14.8. The molecule has 0 aliphatic rings. The average Bonchev–Trinajstić information content (AvgIpc) is 3.02. The van der Waals surface area contributed by atoms with Gasteiger partial charge in [0, 0.05) is 19.0 Å². The number of rotatable bonds is 13. The Kier molecular flexibility index (Phi) is 11.0. The lowest BCUT2D eigenvalue weighted by atomic mass is 10.0. The number of carbonyl (C=O) groups excluding carboxylic acids is 2. The third-order valence-corrected chi connectivity index (χ3v) is 9.48. The molecule has 0 aliphatic heterocycles. The molecule has 0 spiro atoms. The van der Waals surface area contributed by atoms with Crippen LogP contribution in [0.4, 0.5) is 5.69 Å². The predicted octanol–water partition coefficient (Wildman–Crippen LogP) is 6.05. The summed E-state index contributed by atoms with van der Waals surface area (Å²) in [6.45, 7) is 7.36. The van der Waals surface area contributed by atoms with E-state index in [0.717, 1.165) is 27.4 Å². The van der Waals surface area contributed by atoms with Crippen LogP contribution in [-0.4, -0.2) is 43.8 Å². The number of hydrogen-bond donors (Lipinski definition) is 1. The molecule has 0 heterocycles. The van der Waals surface area contributed by atoms with Gasteiger partial charge in [-0.2, -0.15) is 0 Å². The molecule has 4 aromatic rings. The fraction of sp³-hybridized carbons (Fsp3) is 0.278. The number of carbonyl (C=O) groups is 2. The second-order valence-electron chi connectivity index (χ2n) is 11.1. The van der Waals surface area contributed by atoms with E-state index < -0.39 is 28.5 Å². The van der Waals surface area contributed by atoms with E-state index in [1.54, 1.807) is 30.3 Å². The smallest absolute Gasteiger partial charge is 0.264 e.